The molecule has 0 aliphatic heterocycles. The number of nitrogens with zero attached hydrogens (tertiary/aromatic N) is 4. The van der Waals surface area contributed by atoms with E-state index in [2.05, 4.69) is 20.5 Å². The molecule has 3 aromatic rings. The van der Waals surface area contributed by atoms with Crippen LogP contribution >= 0.6 is 35.0 Å². The molecule has 1 aromatic carbocycles. The number of carbonyl (C=O) groups is 1. The van der Waals surface area contributed by atoms with E-state index in [1.807, 2.05) is 6.07 Å². The molecular weight excluding hydrogens is 395 g/mol. The largest absolute Gasteiger partial charge is 0.335 e. The summed E-state index contributed by atoms with van der Waals surface area (Å²) in [6.45, 7) is 1.73. The third-order valence-corrected chi connectivity index (χ3v) is 5.32. The summed E-state index contributed by atoms with van der Waals surface area (Å²) in [5, 5.41) is 11.4. The van der Waals surface area contributed by atoms with Gasteiger partial charge in [0.1, 0.15) is 0 Å². The Morgan fingerprint density at radius 2 is 2.08 bits per heavy atom. The van der Waals surface area contributed by atoms with E-state index < -0.39 is 5.25 Å². The zero-order chi connectivity index (χ0) is 18.7. The molecule has 0 radical (unpaired) electrons. The van der Waals surface area contributed by atoms with Crippen molar-refractivity contribution in [3.05, 3.63) is 52.8 Å². The number of hydrogen-bond acceptors (Lipinski definition) is 6. The molecule has 1 atom stereocenters. The van der Waals surface area contributed by atoms with Gasteiger partial charge in [-0.25, -0.2) is 4.68 Å². The maximum Gasteiger partial charge on any atom is 0.237 e. The van der Waals surface area contributed by atoms with Gasteiger partial charge in [0.15, 0.2) is 5.82 Å². The highest BCUT2D eigenvalue weighted by molar-refractivity contribution is 8.00. The standard InChI is InChI=1S/C16H14Cl2N6OS/c1-9(15(25)21-12-6-2-5-11(17)13(12)18)26-16-23-22-14(24(16)19)10-4-3-7-20-8-10/h2-9H,19H2,1H3,(H,21,25)/t9-/m1/s1. The predicted octanol–water partition coefficient (Wildman–Crippen LogP) is 3.48. The maximum absolute atomic E-state index is 12.4. The number of nitrogens with two attached hydrogens (primary N) is 1. The van der Waals surface area contributed by atoms with Gasteiger partial charge >= 0.3 is 0 Å². The van der Waals surface area contributed by atoms with Gasteiger partial charge in [0.25, 0.3) is 0 Å². The third-order valence-electron chi connectivity index (χ3n) is 3.45. The van der Waals surface area contributed by atoms with E-state index in [9.17, 15) is 4.79 Å². The first-order valence-corrected chi connectivity index (χ1v) is 9.13. The van der Waals surface area contributed by atoms with E-state index in [0.717, 1.165) is 5.56 Å². The van der Waals surface area contributed by atoms with Crippen molar-refractivity contribution >= 4 is 46.6 Å². The monoisotopic (exact) mass is 408 g/mol. The summed E-state index contributed by atoms with van der Waals surface area (Å²) < 4.78 is 1.33. The molecule has 2 heterocycles. The fourth-order valence-corrected chi connectivity index (χ4v) is 3.21. The lowest BCUT2D eigenvalue weighted by Crippen LogP contribution is -2.23. The summed E-state index contributed by atoms with van der Waals surface area (Å²) in [7, 11) is 0. The maximum atomic E-state index is 12.4. The molecular formula is C16H14Cl2N6OS. The number of rotatable bonds is 5. The lowest BCUT2D eigenvalue weighted by molar-refractivity contribution is -0.115. The van der Waals surface area contributed by atoms with E-state index in [-0.39, 0.29) is 5.91 Å². The minimum atomic E-state index is -0.488. The van der Waals surface area contributed by atoms with Crippen molar-refractivity contribution in [2.24, 2.45) is 0 Å². The van der Waals surface area contributed by atoms with Crippen molar-refractivity contribution < 1.29 is 4.79 Å². The zero-order valence-electron chi connectivity index (χ0n) is 13.6. The zero-order valence-corrected chi connectivity index (χ0v) is 15.9. The molecule has 2 aromatic heterocycles. The van der Waals surface area contributed by atoms with Gasteiger partial charge in [-0.05, 0) is 31.2 Å². The summed E-state index contributed by atoms with van der Waals surface area (Å²) in [4.78, 5) is 16.5. The normalized spacial score (nSPS) is 12.0. The minimum absolute atomic E-state index is 0.259. The lowest BCUT2D eigenvalue weighted by atomic mass is 10.3. The highest BCUT2D eigenvalue weighted by Gasteiger charge is 2.21. The van der Waals surface area contributed by atoms with Crippen LogP contribution in [0.3, 0.4) is 0 Å². The molecule has 0 bridgehead atoms. The van der Waals surface area contributed by atoms with Gasteiger partial charge in [0.2, 0.25) is 11.1 Å². The van der Waals surface area contributed by atoms with Crippen LogP contribution in [0.15, 0.2) is 47.9 Å². The number of carbonyl (C=O) groups excluding carboxylic acids is 1. The molecule has 134 valence electrons. The van der Waals surface area contributed by atoms with E-state index >= 15 is 0 Å². The van der Waals surface area contributed by atoms with Crippen LogP contribution < -0.4 is 11.2 Å². The fourth-order valence-electron chi connectivity index (χ4n) is 2.10. The van der Waals surface area contributed by atoms with Crippen molar-refractivity contribution in [2.75, 3.05) is 11.2 Å². The number of halogens is 2. The van der Waals surface area contributed by atoms with E-state index in [1.54, 1.807) is 43.6 Å². The average Bonchev–Trinajstić information content (AvgIpc) is 3.00. The van der Waals surface area contributed by atoms with Crippen LogP contribution in [0.25, 0.3) is 11.4 Å². The fraction of sp³-hybridized carbons (Fsp3) is 0.125. The topological polar surface area (TPSA) is 98.7 Å². The van der Waals surface area contributed by atoms with Crippen LogP contribution in [0.5, 0.6) is 0 Å². The predicted molar refractivity (Wildman–Crippen MR) is 104 cm³/mol. The quantitative estimate of drug-likeness (QED) is 0.495. The van der Waals surface area contributed by atoms with Crippen LogP contribution in [-0.2, 0) is 4.79 Å². The number of benzene rings is 1. The highest BCUT2D eigenvalue weighted by Crippen LogP contribution is 2.31. The average molecular weight is 409 g/mol. The molecule has 3 N–H and O–H groups in total. The molecule has 0 aliphatic carbocycles. The van der Waals surface area contributed by atoms with Gasteiger partial charge in [-0.3, -0.25) is 9.78 Å². The van der Waals surface area contributed by atoms with Crippen LogP contribution in [0, 0.1) is 0 Å². The Bertz CT molecular complexity index is 934. The second-order valence-electron chi connectivity index (χ2n) is 5.27. The molecule has 0 saturated heterocycles. The van der Waals surface area contributed by atoms with Gasteiger partial charge in [0.05, 0.1) is 21.0 Å². The Morgan fingerprint density at radius 1 is 1.27 bits per heavy atom. The summed E-state index contributed by atoms with van der Waals surface area (Å²) in [5.74, 6) is 6.26. The van der Waals surface area contributed by atoms with Crippen molar-refractivity contribution in [2.45, 2.75) is 17.3 Å². The van der Waals surface area contributed by atoms with E-state index in [1.165, 1.54) is 16.4 Å². The number of nitrogens with one attached hydrogen (secondary N) is 1. The molecule has 0 unspecified atom stereocenters. The summed E-state index contributed by atoms with van der Waals surface area (Å²) in [5.41, 5.74) is 1.18. The van der Waals surface area contributed by atoms with Gasteiger partial charge in [-0.15, -0.1) is 10.2 Å². The molecule has 10 heteroatoms. The van der Waals surface area contributed by atoms with Crippen molar-refractivity contribution in [1.29, 1.82) is 0 Å². The van der Waals surface area contributed by atoms with Crippen LogP contribution in [0.4, 0.5) is 5.69 Å². The van der Waals surface area contributed by atoms with Crippen molar-refractivity contribution in [1.82, 2.24) is 19.9 Å². The first kappa shape index (κ1) is 18.5. The highest BCUT2D eigenvalue weighted by atomic mass is 35.5. The molecule has 26 heavy (non-hydrogen) atoms. The smallest absolute Gasteiger partial charge is 0.237 e. The number of hydrogen-bond donors (Lipinski definition) is 2. The summed E-state index contributed by atoms with van der Waals surface area (Å²) >= 11 is 13.2. The SMILES string of the molecule is C[C@@H](Sc1nnc(-c2cccnc2)n1N)C(=O)Nc1cccc(Cl)c1Cl. The van der Waals surface area contributed by atoms with E-state index in [4.69, 9.17) is 29.0 Å². The second-order valence-corrected chi connectivity index (χ2v) is 7.36. The van der Waals surface area contributed by atoms with Crippen LogP contribution in [-0.4, -0.2) is 31.0 Å². The molecule has 1 amide bonds. The van der Waals surface area contributed by atoms with Gasteiger partial charge in [-0.2, -0.15) is 0 Å². The Kier molecular flexibility index (Phi) is 5.65. The van der Waals surface area contributed by atoms with Gasteiger partial charge < -0.3 is 11.2 Å². The second kappa shape index (κ2) is 7.94. The Morgan fingerprint density at radius 3 is 2.81 bits per heavy atom. The molecule has 0 fully saturated rings. The number of amides is 1. The lowest BCUT2D eigenvalue weighted by Gasteiger charge is -2.13. The van der Waals surface area contributed by atoms with Crippen molar-refractivity contribution in [3.8, 4) is 11.4 Å². The third kappa shape index (κ3) is 3.92. The number of nitrogen functional groups attached to an aromatic ring is 1. The van der Waals surface area contributed by atoms with Crippen molar-refractivity contribution in [3.63, 3.8) is 0 Å². The molecule has 0 aliphatic rings. The Labute approximate surface area is 163 Å². The Hall–Kier alpha value is -2.29. The number of anilines is 1. The minimum Gasteiger partial charge on any atom is -0.335 e. The van der Waals surface area contributed by atoms with Crippen LogP contribution in [0.1, 0.15) is 6.92 Å². The van der Waals surface area contributed by atoms with Gasteiger partial charge in [0, 0.05) is 18.0 Å². The molecule has 3 rings (SSSR count). The summed E-state index contributed by atoms with van der Waals surface area (Å²) in [6, 6.07) is 8.64. The first-order chi connectivity index (χ1) is 12.5. The number of thioether (sulfide) groups is 1. The Balaban J connectivity index is 1.72. The van der Waals surface area contributed by atoms with Gasteiger partial charge in [-0.1, -0.05) is 41.0 Å². The molecule has 0 saturated carbocycles. The van der Waals surface area contributed by atoms with Crippen LogP contribution in [0.2, 0.25) is 10.0 Å². The number of aromatic nitrogens is 4. The van der Waals surface area contributed by atoms with E-state index in [0.29, 0.717) is 26.7 Å². The number of pyridine rings is 1. The molecule has 0 spiro atoms. The first-order valence-electron chi connectivity index (χ1n) is 7.49. The molecule has 7 nitrogen and oxygen atoms in total. The summed E-state index contributed by atoms with van der Waals surface area (Å²) in [6.07, 6.45) is 3.29.